The molecule has 2 saturated heterocycles. The van der Waals surface area contributed by atoms with E-state index < -0.39 is 17.5 Å². The van der Waals surface area contributed by atoms with Crippen LogP contribution < -0.4 is 10.2 Å². The fourth-order valence-electron chi connectivity index (χ4n) is 6.93. The Bertz CT molecular complexity index is 1330. The molecule has 0 saturated carbocycles. The van der Waals surface area contributed by atoms with Crippen molar-refractivity contribution < 1.29 is 14.4 Å². The molecule has 0 radical (unpaired) electrons. The van der Waals surface area contributed by atoms with Crippen molar-refractivity contribution in [2.45, 2.75) is 97.5 Å². The maximum atomic E-state index is 13.7. The molecular formula is C34H46ClN3O3. The highest BCUT2D eigenvalue weighted by Gasteiger charge is 2.55. The molecule has 0 bridgehead atoms. The molecule has 1 aromatic rings. The van der Waals surface area contributed by atoms with Crippen molar-refractivity contribution in [2.24, 2.45) is 10.8 Å². The summed E-state index contributed by atoms with van der Waals surface area (Å²) < 4.78 is 0. The minimum absolute atomic E-state index is 0.123. The topological polar surface area (TPSA) is 69.7 Å². The van der Waals surface area contributed by atoms with E-state index in [1.54, 1.807) is 4.90 Å². The van der Waals surface area contributed by atoms with Crippen LogP contribution in [0.1, 0.15) is 92.2 Å². The lowest BCUT2D eigenvalue weighted by Gasteiger charge is -2.56. The van der Waals surface area contributed by atoms with Crippen molar-refractivity contribution in [3.05, 3.63) is 59.7 Å². The summed E-state index contributed by atoms with van der Waals surface area (Å²) in [6.45, 7) is 23.2. The first-order chi connectivity index (χ1) is 19.2. The van der Waals surface area contributed by atoms with E-state index in [1.165, 1.54) is 0 Å². The normalized spacial score (nSPS) is 26.0. The van der Waals surface area contributed by atoms with E-state index in [0.717, 1.165) is 48.3 Å². The van der Waals surface area contributed by atoms with Crippen molar-refractivity contribution >= 4 is 40.6 Å². The van der Waals surface area contributed by atoms with Crippen LogP contribution in [0, 0.1) is 10.8 Å². The number of carbonyl (C=O) groups excluding carboxylic acids is 3. The number of rotatable bonds is 5. The van der Waals surface area contributed by atoms with Gasteiger partial charge in [0.05, 0.1) is 16.1 Å². The number of hydrogen-bond donors (Lipinski definition) is 1. The number of piperidine rings is 2. The molecular weight excluding hydrogens is 534 g/mol. The summed E-state index contributed by atoms with van der Waals surface area (Å²) in [5, 5.41) is 2.41. The van der Waals surface area contributed by atoms with Crippen LogP contribution in [0.15, 0.2) is 48.6 Å². The van der Waals surface area contributed by atoms with Crippen molar-refractivity contribution in [1.82, 2.24) is 10.2 Å². The van der Waals surface area contributed by atoms with Gasteiger partial charge in [0, 0.05) is 30.6 Å². The number of imide groups is 1. The fraction of sp³-hybridized carbons (Fsp3) is 0.559. The van der Waals surface area contributed by atoms with Gasteiger partial charge in [-0.3, -0.25) is 29.5 Å². The first-order valence-corrected chi connectivity index (χ1v) is 15.3. The standard InChI is InChI=1S/C32H40ClN3O3.C2H6/c1-20(2)29(3,4)30(5,6)32(33)16-18-35(19-17-32)31(7)15-9-10-21-26-22(31)11-8-12-23(26)36(28(21)39)24-13-14-25(37)34-27(24)38;1-2/h8-12,15,24H,1,13-14,16-19H2,2-7H3,(H,34,37,38);1-2H3. The average Bonchev–Trinajstić information content (AvgIpc) is 3.10. The first-order valence-electron chi connectivity index (χ1n) is 15.0. The molecule has 2 atom stereocenters. The highest BCUT2D eigenvalue weighted by Crippen LogP contribution is 2.58. The second-order valence-electron chi connectivity index (χ2n) is 12.9. The van der Waals surface area contributed by atoms with Gasteiger partial charge in [0.15, 0.2) is 0 Å². The van der Waals surface area contributed by atoms with Crippen LogP contribution in [0.25, 0.3) is 5.57 Å². The van der Waals surface area contributed by atoms with E-state index in [1.807, 2.05) is 38.1 Å². The smallest absolute Gasteiger partial charge is 0.259 e. The Labute approximate surface area is 250 Å². The molecule has 0 spiro atoms. The van der Waals surface area contributed by atoms with Crippen LogP contribution in [0.3, 0.4) is 0 Å². The molecule has 0 aromatic heterocycles. The zero-order chi connectivity index (χ0) is 30.5. The van der Waals surface area contributed by atoms with Crippen LogP contribution in [0.4, 0.5) is 5.69 Å². The number of likely N-dealkylation sites (tertiary alicyclic amines) is 1. The maximum absolute atomic E-state index is 13.7. The highest BCUT2D eigenvalue weighted by atomic mass is 35.5. The van der Waals surface area contributed by atoms with Gasteiger partial charge in [-0.05, 0) is 61.6 Å². The van der Waals surface area contributed by atoms with E-state index in [2.05, 4.69) is 70.5 Å². The van der Waals surface area contributed by atoms with Gasteiger partial charge in [0.25, 0.3) is 5.91 Å². The lowest BCUT2D eigenvalue weighted by Crippen LogP contribution is -2.57. The number of benzene rings is 1. The third-order valence-corrected chi connectivity index (χ3v) is 11.6. The predicted molar refractivity (Wildman–Crippen MR) is 168 cm³/mol. The lowest BCUT2D eigenvalue weighted by atomic mass is 9.56. The van der Waals surface area contributed by atoms with E-state index in [4.69, 9.17) is 11.6 Å². The fourth-order valence-corrected chi connectivity index (χ4v) is 7.33. The molecule has 3 amide bonds. The summed E-state index contributed by atoms with van der Waals surface area (Å²) in [6, 6.07) is 5.28. The SMILES string of the molecule is C=C(C)C(C)(C)C(C)(C)C1(Cl)CCN(C2(C)C=CC=C3C(=O)N(C4CCC(=O)NC4=O)c4cccc2c43)CC1.CC. The van der Waals surface area contributed by atoms with E-state index >= 15 is 0 Å². The quantitative estimate of drug-likeness (QED) is 0.238. The minimum atomic E-state index is -0.699. The molecule has 222 valence electrons. The number of nitrogens with zero attached hydrogens (tertiary/aromatic N) is 2. The van der Waals surface area contributed by atoms with Crippen LogP contribution >= 0.6 is 11.6 Å². The molecule has 41 heavy (non-hydrogen) atoms. The number of anilines is 1. The van der Waals surface area contributed by atoms with Gasteiger partial charge in [-0.1, -0.05) is 78.0 Å². The second kappa shape index (κ2) is 10.9. The summed E-state index contributed by atoms with van der Waals surface area (Å²) in [7, 11) is 0. The van der Waals surface area contributed by atoms with Crippen LogP contribution in [0.5, 0.6) is 0 Å². The number of halogens is 1. The van der Waals surface area contributed by atoms with Gasteiger partial charge in [-0.25, -0.2) is 0 Å². The van der Waals surface area contributed by atoms with Crippen molar-refractivity contribution in [2.75, 3.05) is 18.0 Å². The third kappa shape index (κ3) is 4.71. The third-order valence-electron chi connectivity index (χ3n) is 10.7. The zero-order valence-corrected chi connectivity index (χ0v) is 26.7. The number of amides is 3. The molecule has 6 nitrogen and oxygen atoms in total. The van der Waals surface area contributed by atoms with Crippen molar-refractivity contribution in [3.8, 4) is 0 Å². The number of carbonyl (C=O) groups is 3. The van der Waals surface area contributed by atoms with Gasteiger partial charge >= 0.3 is 0 Å². The molecule has 1 aromatic carbocycles. The Morgan fingerprint density at radius 3 is 2.32 bits per heavy atom. The monoisotopic (exact) mass is 579 g/mol. The Morgan fingerprint density at radius 1 is 1.10 bits per heavy atom. The molecule has 3 heterocycles. The second-order valence-corrected chi connectivity index (χ2v) is 13.6. The number of allylic oxidation sites excluding steroid dienone is 3. The molecule has 2 fully saturated rings. The van der Waals surface area contributed by atoms with E-state index in [-0.39, 0.29) is 33.9 Å². The maximum Gasteiger partial charge on any atom is 0.259 e. The number of hydrogen-bond acceptors (Lipinski definition) is 4. The largest absolute Gasteiger partial charge is 0.295 e. The summed E-state index contributed by atoms with van der Waals surface area (Å²) >= 11 is 7.47. The summed E-state index contributed by atoms with van der Waals surface area (Å²) in [4.78, 5) is 41.9. The molecule has 3 aliphatic heterocycles. The summed E-state index contributed by atoms with van der Waals surface area (Å²) in [5.74, 6) is -0.898. The Morgan fingerprint density at radius 2 is 1.73 bits per heavy atom. The number of nitrogens with one attached hydrogen (secondary N) is 1. The van der Waals surface area contributed by atoms with Crippen molar-refractivity contribution in [3.63, 3.8) is 0 Å². The average molecular weight is 580 g/mol. The molecule has 5 rings (SSSR count). The van der Waals surface area contributed by atoms with Crippen LogP contribution in [-0.2, 0) is 19.9 Å². The van der Waals surface area contributed by atoms with Crippen molar-refractivity contribution in [1.29, 1.82) is 0 Å². The highest BCUT2D eigenvalue weighted by molar-refractivity contribution is 6.35. The molecule has 1 N–H and O–H groups in total. The van der Waals surface area contributed by atoms with Gasteiger partial charge in [0.2, 0.25) is 11.8 Å². The van der Waals surface area contributed by atoms with Crippen LogP contribution in [-0.4, -0.2) is 46.6 Å². The first kappa shape index (κ1) is 31.2. The minimum Gasteiger partial charge on any atom is -0.295 e. The van der Waals surface area contributed by atoms with Gasteiger partial charge in [0.1, 0.15) is 6.04 Å². The van der Waals surface area contributed by atoms with E-state index in [0.29, 0.717) is 12.0 Å². The molecule has 1 aliphatic carbocycles. The summed E-state index contributed by atoms with van der Waals surface area (Å²) in [6.07, 6.45) is 8.23. The zero-order valence-electron chi connectivity index (χ0n) is 26.0. The number of alkyl halides is 1. The van der Waals surface area contributed by atoms with Gasteiger partial charge in [-0.15, -0.1) is 11.6 Å². The molecule has 4 aliphatic rings. The Hall–Kier alpha value is -2.70. The lowest BCUT2D eigenvalue weighted by molar-refractivity contribution is -0.135. The van der Waals surface area contributed by atoms with E-state index in [9.17, 15) is 14.4 Å². The van der Waals surface area contributed by atoms with Crippen LogP contribution in [0.2, 0.25) is 0 Å². The predicted octanol–water partition coefficient (Wildman–Crippen LogP) is 6.73. The summed E-state index contributed by atoms with van der Waals surface area (Å²) in [5.41, 5.74) is 3.64. The van der Waals surface area contributed by atoms with Gasteiger partial charge < -0.3 is 0 Å². The molecule has 2 unspecified atom stereocenters. The Balaban J connectivity index is 0.00000189. The Kier molecular flexibility index (Phi) is 8.27. The van der Waals surface area contributed by atoms with Gasteiger partial charge in [-0.2, -0.15) is 0 Å². The molecule has 7 heteroatoms.